The molecule has 3 aromatic rings. The average molecular weight is 655 g/mol. The standard InChI is InChI=1S/C28H32ClN5O5S2.ClH/c1-18-12-24-25(16-30-18)40-27(31-24)28(36)34-7-6-33(17-22(34)15-26(35)32-8-10-39-11-9-32)41(37,38)23-5-3-19-13-21(29)4-2-20(19)14-23;/h2-5,13-14,18,22,30H,6-12,15-17H2,1H3;1H. The van der Waals surface area contributed by atoms with E-state index in [1.165, 1.54) is 15.6 Å². The lowest BCUT2D eigenvalue weighted by Gasteiger charge is -2.41. The zero-order valence-corrected chi connectivity index (χ0v) is 26.3. The van der Waals surface area contributed by atoms with Crippen LogP contribution in [0.25, 0.3) is 10.8 Å². The summed E-state index contributed by atoms with van der Waals surface area (Å²) in [5.41, 5.74) is 0.935. The number of fused-ring (bicyclic) bond motifs is 2. The number of thiazole rings is 1. The molecule has 4 heterocycles. The van der Waals surface area contributed by atoms with E-state index in [1.54, 1.807) is 46.2 Å². The Morgan fingerprint density at radius 1 is 1.10 bits per heavy atom. The number of hydrogen-bond donors (Lipinski definition) is 1. The lowest BCUT2D eigenvalue weighted by atomic mass is 10.1. The largest absolute Gasteiger partial charge is 0.378 e. The Balaban J connectivity index is 0.00000353. The summed E-state index contributed by atoms with van der Waals surface area (Å²) < 4.78 is 34.4. The number of morpholine rings is 1. The molecule has 3 aliphatic rings. The minimum atomic E-state index is -3.88. The van der Waals surface area contributed by atoms with Gasteiger partial charge in [0.1, 0.15) is 0 Å². The number of nitrogens with one attached hydrogen (secondary N) is 1. The van der Waals surface area contributed by atoms with Crippen molar-refractivity contribution in [1.82, 2.24) is 24.4 Å². The Kier molecular flexibility index (Phi) is 9.43. The molecule has 42 heavy (non-hydrogen) atoms. The fourth-order valence-electron chi connectivity index (χ4n) is 5.66. The zero-order chi connectivity index (χ0) is 28.7. The highest BCUT2D eigenvalue weighted by Gasteiger charge is 2.39. The minimum Gasteiger partial charge on any atom is -0.378 e. The van der Waals surface area contributed by atoms with Gasteiger partial charge in [0.25, 0.3) is 5.91 Å². The summed E-state index contributed by atoms with van der Waals surface area (Å²) in [6.07, 6.45) is 0.777. The average Bonchev–Trinajstić information content (AvgIpc) is 3.40. The number of nitrogens with zero attached hydrogens (tertiary/aromatic N) is 4. The first kappa shape index (κ1) is 31.1. The van der Waals surface area contributed by atoms with E-state index < -0.39 is 16.1 Å². The maximum Gasteiger partial charge on any atom is 0.283 e. The van der Waals surface area contributed by atoms with Gasteiger partial charge in [0, 0.05) is 68.1 Å². The molecule has 2 amide bonds. The third kappa shape index (κ3) is 6.30. The van der Waals surface area contributed by atoms with Gasteiger partial charge in [-0.05, 0) is 42.0 Å². The Morgan fingerprint density at radius 3 is 2.62 bits per heavy atom. The second-order valence-corrected chi connectivity index (χ2v) is 14.2. The smallest absolute Gasteiger partial charge is 0.283 e. The molecule has 10 nitrogen and oxygen atoms in total. The topological polar surface area (TPSA) is 112 Å². The summed E-state index contributed by atoms with van der Waals surface area (Å²) in [4.78, 5) is 36.3. The summed E-state index contributed by atoms with van der Waals surface area (Å²) in [7, 11) is -3.88. The van der Waals surface area contributed by atoms with E-state index in [0.717, 1.165) is 27.8 Å². The van der Waals surface area contributed by atoms with Crippen LogP contribution in [-0.2, 0) is 32.5 Å². The Hall–Kier alpha value is -2.32. The maximum atomic E-state index is 13.8. The quantitative estimate of drug-likeness (QED) is 0.450. The van der Waals surface area contributed by atoms with E-state index in [4.69, 9.17) is 16.3 Å². The first-order valence-corrected chi connectivity index (χ1v) is 16.4. The van der Waals surface area contributed by atoms with Crippen molar-refractivity contribution in [2.24, 2.45) is 0 Å². The van der Waals surface area contributed by atoms with Crippen molar-refractivity contribution in [3.8, 4) is 0 Å². The highest BCUT2D eigenvalue weighted by atomic mass is 35.5. The molecule has 0 spiro atoms. The summed E-state index contributed by atoms with van der Waals surface area (Å²) in [5.74, 6) is -0.370. The van der Waals surface area contributed by atoms with Crippen LogP contribution in [0.15, 0.2) is 41.3 Å². The summed E-state index contributed by atoms with van der Waals surface area (Å²) in [5, 5.41) is 5.97. The molecule has 2 saturated heterocycles. The van der Waals surface area contributed by atoms with E-state index in [1.807, 2.05) is 0 Å². The number of amides is 2. The molecular weight excluding hydrogens is 621 g/mol. The fraction of sp³-hybridized carbons (Fsp3) is 0.464. The fourth-order valence-corrected chi connectivity index (χ4v) is 8.34. The number of hydrogen-bond acceptors (Lipinski definition) is 8. The number of halogens is 2. The van der Waals surface area contributed by atoms with Crippen LogP contribution < -0.4 is 5.32 Å². The molecule has 1 N–H and O–H groups in total. The minimum absolute atomic E-state index is 0. The van der Waals surface area contributed by atoms with Gasteiger partial charge in [0.15, 0.2) is 5.01 Å². The summed E-state index contributed by atoms with van der Waals surface area (Å²) in [6, 6.07) is 9.93. The third-order valence-corrected chi connectivity index (χ3v) is 11.1. The van der Waals surface area contributed by atoms with Gasteiger partial charge in [-0.15, -0.1) is 23.7 Å². The van der Waals surface area contributed by atoms with Gasteiger partial charge in [0.05, 0.1) is 29.8 Å². The van der Waals surface area contributed by atoms with Crippen molar-refractivity contribution in [2.45, 2.75) is 43.3 Å². The number of ether oxygens (including phenoxy) is 1. The van der Waals surface area contributed by atoms with Crippen LogP contribution >= 0.6 is 35.3 Å². The molecule has 0 aliphatic carbocycles. The van der Waals surface area contributed by atoms with Gasteiger partial charge < -0.3 is 19.9 Å². The molecule has 0 bridgehead atoms. The maximum absolute atomic E-state index is 13.8. The lowest BCUT2D eigenvalue weighted by molar-refractivity contribution is -0.136. The number of aromatic nitrogens is 1. The molecule has 2 fully saturated rings. The third-order valence-electron chi connectivity index (χ3n) is 7.96. The molecule has 0 radical (unpaired) electrons. The van der Waals surface area contributed by atoms with Crippen LogP contribution in [0.5, 0.6) is 0 Å². The molecule has 1 aromatic heterocycles. The van der Waals surface area contributed by atoms with Gasteiger partial charge in [-0.3, -0.25) is 9.59 Å². The molecule has 0 saturated carbocycles. The predicted molar refractivity (Wildman–Crippen MR) is 164 cm³/mol. The van der Waals surface area contributed by atoms with Crippen LogP contribution in [0.3, 0.4) is 0 Å². The van der Waals surface area contributed by atoms with Crippen molar-refractivity contribution in [2.75, 3.05) is 45.9 Å². The van der Waals surface area contributed by atoms with Gasteiger partial charge >= 0.3 is 0 Å². The Bertz CT molecular complexity index is 1590. The van der Waals surface area contributed by atoms with Gasteiger partial charge in [-0.2, -0.15) is 4.31 Å². The number of carbonyl (C=O) groups is 2. The van der Waals surface area contributed by atoms with Gasteiger partial charge in [0.2, 0.25) is 15.9 Å². The second-order valence-electron chi connectivity index (χ2n) is 10.7. The highest BCUT2D eigenvalue weighted by molar-refractivity contribution is 7.89. The molecule has 226 valence electrons. The van der Waals surface area contributed by atoms with Crippen molar-refractivity contribution in [1.29, 1.82) is 0 Å². The molecule has 14 heteroatoms. The van der Waals surface area contributed by atoms with Crippen molar-refractivity contribution < 1.29 is 22.7 Å². The number of benzene rings is 2. The number of rotatable bonds is 5. The molecule has 3 aliphatic heterocycles. The predicted octanol–water partition coefficient (Wildman–Crippen LogP) is 3.17. The van der Waals surface area contributed by atoms with E-state index in [9.17, 15) is 18.0 Å². The van der Waals surface area contributed by atoms with E-state index >= 15 is 0 Å². The Morgan fingerprint density at radius 2 is 1.83 bits per heavy atom. The van der Waals surface area contributed by atoms with Crippen LogP contribution in [0.4, 0.5) is 0 Å². The van der Waals surface area contributed by atoms with Crippen LogP contribution in [0.1, 0.15) is 33.7 Å². The van der Waals surface area contributed by atoms with Crippen molar-refractivity contribution >= 4 is 68.0 Å². The molecule has 2 unspecified atom stereocenters. The SMILES string of the molecule is CC1Cc2nc(C(=O)N3CCN(S(=O)(=O)c4ccc5cc(Cl)ccc5c4)CC3CC(=O)N3CCOCC3)sc2CN1.Cl. The zero-order valence-electron chi connectivity index (χ0n) is 23.1. The van der Waals surface area contributed by atoms with Gasteiger partial charge in [-0.1, -0.05) is 23.7 Å². The van der Waals surface area contributed by atoms with Gasteiger partial charge in [-0.25, -0.2) is 13.4 Å². The van der Waals surface area contributed by atoms with Crippen LogP contribution in [0.2, 0.25) is 5.02 Å². The van der Waals surface area contributed by atoms with Crippen molar-refractivity contribution in [3.63, 3.8) is 0 Å². The Labute approximate surface area is 260 Å². The monoisotopic (exact) mass is 653 g/mol. The van der Waals surface area contributed by atoms with Crippen molar-refractivity contribution in [3.05, 3.63) is 57.0 Å². The molecule has 2 aromatic carbocycles. The number of carbonyl (C=O) groups excluding carboxylic acids is 2. The first-order chi connectivity index (χ1) is 19.7. The molecular formula is C28H33Cl2N5O5S2. The highest BCUT2D eigenvalue weighted by Crippen LogP contribution is 2.29. The summed E-state index contributed by atoms with van der Waals surface area (Å²) >= 11 is 7.48. The van der Waals surface area contributed by atoms with E-state index in [-0.39, 0.29) is 61.2 Å². The molecule has 2 atom stereocenters. The van der Waals surface area contributed by atoms with E-state index in [2.05, 4.69) is 17.2 Å². The van der Waals surface area contributed by atoms with E-state index in [0.29, 0.717) is 42.9 Å². The lowest BCUT2D eigenvalue weighted by Crippen LogP contribution is -2.58. The molecule has 6 rings (SSSR count). The number of sulfonamides is 1. The first-order valence-electron chi connectivity index (χ1n) is 13.8. The van der Waals surface area contributed by atoms with Crippen LogP contribution in [0, 0.1) is 0 Å². The normalized spacial score (nSPS) is 21.6. The number of piperazine rings is 1. The van der Waals surface area contributed by atoms with Crippen LogP contribution in [-0.4, -0.2) is 97.3 Å². The summed E-state index contributed by atoms with van der Waals surface area (Å²) in [6.45, 7) is 4.95. The second kappa shape index (κ2) is 12.7.